The van der Waals surface area contributed by atoms with E-state index >= 15 is 0 Å². The zero-order valence-corrected chi connectivity index (χ0v) is 13.6. The van der Waals surface area contributed by atoms with Crippen molar-refractivity contribution >= 4 is 5.91 Å². The zero-order valence-electron chi connectivity index (χ0n) is 13.6. The molecule has 2 rings (SSSR count). The predicted octanol–water partition coefficient (Wildman–Crippen LogP) is 2.20. The standard InChI is InChI=1S/C17H26N2O3/c1-21-15-8-6-7-14(17(15)22-2)13-18-10-12-19-11-5-3-4-9-16(19)20/h6-8,18H,3-5,9-13H2,1-2H3. The molecular weight excluding hydrogens is 280 g/mol. The van der Waals surface area contributed by atoms with E-state index in [0.29, 0.717) is 18.9 Å². The van der Waals surface area contributed by atoms with E-state index in [0.717, 1.165) is 56.0 Å². The number of rotatable bonds is 7. The number of carbonyl (C=O) groups is 1. The van der Waals surface area contributed by atoms with Crippen LogP contribution in [0.2, 0.25) is 0 Å². The molecule has 5 nitrogen and oxygen atoms in total. The summed E-state index contributed by atoms with van der Waals surface area (Å²) in [5.74, 6) is 1.80. The lowest BCUT2D eigenvalue weighted by Gasteiger charge is -2.21. The van der Waals surface area contributed by atoms with Gasteiger partial charge in [-0.05, 0) is 18.9 Å². The Balaban J connectivity index is 1.82. The number of nitrogens with one attached hydrogen (secondary N) is 1. The van der Waals surface area contributed by atoms with E-state index in [1.165, 1.54) is 0 Å². The van der Waals surface area contributed by atoms with Crippen LogP contribution < -0.4 is 14.8 Å². The average Bonchev–Trinajstić information content (AvgIpc) is 2.75. The fraction of sp³-hybridized carbons (Fsp3) is 0.588. The second-order valence-electron chi connectivity index (χ2n) is 5.52. The number of ether oxygens (including phenoxy) is 2. The molecule has 22 heavy (non-hydrogen) atoms. The number of carbonyl (C=O) groups excluding carboxylic acids is 1. The lowest BCUT2D eigenvalue weighted by molar-refractivity contribution is -0.130. The van der Waals surface area contributed by atoms with Crippen molar-refractivity contribution in [3.8, 4) is 11.5 Å². The van der Waals surface area contributed by atoms with Crippen molar-refractivity contribution in [2.45, 2.75) is 32.2 Å². The molecule has 5 heteroatoms. The fourth-order valence-corrected chi connectivity index (χ4v) is 2.80. The fourth-order valence-electron chi connectivity index (χ4n) is 2.80. The van der Waals surface area contributed by atoms with Crippen LogP contribution in [0.25, 0.3) is 0 Å². The number of likely N-dealkylation sites (tertiary alicyclic amines) is 1. The normalized spacial score (nSPS) is 15.5. The molecule has 1 aliphatic rings. The summed E-state index contributed by atoms with van der Waals surface area (Å²) in [6.07, 6.45) is 4.01. The molecule has 1 heterocycles. The Labute approximate surface area is 132 Å². The van der Waals surface area contributed by atoms with Gasteiger partial charge in [-0.3, -0.25) is 4.79 Å². The van der Waals surface area contributed by atoms with Gasteiger partial charge in [0, 0.05) is 38.2 Å². The van der Waals surface area contributed by atoms with E-state index in [2.05, 4.69) is 5.32 Å². The number of amides is 1. The molecule has 0 atom stereocenters. The van der Waals surface area contributed by atoms with E-state index in [9.17, 15) is 4.79 Å². The third kappa shape index (κ3) is 4.37. The molecule has 1 amide bonds. The molecule has 0 saturated carbocycles. The summed E-state index contributed by atoms with van der Waals surface area (Å²) in [4.78, 5) is 13.9. The Kier molecular flexibility index (Phi) is 6.52. The molecule has 1 saturated heterocycles. The van der Waals surface area contributed by atoms with Crippen molar-refractivity contribution in [3.05, 3.63) is 23.8 Å². The first-order valence-electron chi connectivity index (χ1n) is 7.94. The van der Waals surface area contributed by atoms with E-state index in [4.69, 9.17) is 9.47 Å². The molecule has 122 valence electrons. The summed E-state index contributed by atoms with van der Waals surface area (Å²) in [6.45, 7) is 3.14. The number of methoxy groups -OCH3 is 2. The van der Waals surface area contributed by atoms with Crippen molar-refractivity contribution in [1.29, 1.82) is 0 Å². The Bertz CT molecular complexity index is 491. The van der Waals surface area contributed by atoms with Crippen LogP contribution in [0.4, 0.5) is 0 Å². The van der Waals surface area contributed by atoms with E-state index in [1.807, 2.05) is 23.1 Å². The molecular formula is C17H26N2O3. The SMILES string of the molecule is COc1cccc(CNCCN2CCCCCC2=O)c1OC. The predicted molar refractivity (Wildman–Crippen MR) is 86.3 cm³/mol. The van der Waals surface area contributed by atoms with Gasteiger partial charge in [-0.15, -0.1) is 0 Å². The number of benzene rings is 1. The Morgan fingerprint density at radius 2 is 2.05 bits per heavy atom. The molecule has 1 fully saturated rings. The van der Waals surface area contributed by atoms with Gasteiger partial charge in [0.15, 0.2) is 11.5 Å². The molecule has 1 N–H and O–H groups in total. The van der Waals surface area contributed by atoms with Gasteiger partial charge in [0.25, 0.3) is 0 Å². The third-order valence-electron chi connectivity index (χ3n) is 4.03. The third-order valence-corrected chi connectivity index (χ3v) is 4.03. The minimum Gasteiger partial charge on any atom is -0.493 e. The van der Waals surface area contributed by atoms with Crippen LogP contribution in [0, 0.1) is 0 Å². The second-order valence-corrected chi connectivity index (χ2v) is 5.52. The highest BCUT2D eigenvalue weighted by Crippen LogP contribution is 2.30. The zero-order chi connectivity index (χ0) is 15.8. The maximum atomic E-state index is 11.9. The smallest absolute Gasteiger partial charge is 0.222 e. The quantitative estimate of drug-likeness (QED) is 0.785. The maximum Gasteiger partial charge on any atom is 0.222 e. The number of para-hydroxylation sites is 1. The highest BCUT2D eigenvalue weighted by molar-refractivity contribution is 5.76. The second kappa shape index (κ2) is 8.63. The van der Waals surface area contributed by atoms with Crippen LogP contribution >= 0.6 is 0 Å². The van der Waals surface area contributed by atoms with Crippen molar-refractivity contribution in [2.24, 2.45) is 0 Å². The Hall–Kier alpha value is -1.75. The van der Waals surface area contributed by atoms with Crippen molar-refractivity contribution in [2.75, 3.05) is 33.9 Å². The minimum atomic E-state index is 0.290. The summed E-state index contributed by atoms with van der Waals surface area (Å²) in [5.41, 5.74) is 1.06. The highest BCUT2D eigenvalue weighted by atomic mass is 16.5. The first-order chi connectivity index (χ1) is 10.8. The van der Waals surface area contributed by atoms with Crippen LogP contribution in [0.1, 0.15) is 31.2 Å². The van der Waals surface area contributed by atoms with Gasteiger partial charge in [0.05, 0.1) is 14.2 Å². The number of hydrogen-bond donors (Lipinski definition) is 1. The molecule has 0 bridgehead atoms. The van der Waals surface area contributed by atoms with Gasteiger partial charge in [0.1, 0.15) is 0 Å². The summed E-state index contributed by atoms with van der Waals surface area (Å²) in [6, 6.07) is 5.86. The maximum absolute atomic E-state index is 11.9. The van der Waals surface area contributed by atoms with Crippen LogP contribution in [0.5, 0.6) is 11.5 Å². The molecule has 0 unspecified atom stereocenters. The minimum absolute atomic E-state index is 0.290. The molecule has 1 aromatic rings. The largest absolute Gasteiger partial charge is 0.493 e. The van der Waals surface area contributed by atoms with Gasteiger partial charge in [-0.25, -0.2) is 0 Å². The highest BCUT2D eigenvalue weighted by Gasteiger charge is 2.15. The summed E-state index contributed by atoms with van der Waals surface area (Å²) < 4.78 is 10.7. The molecule has 0 aromatic heterocycles. The molecule has 0 spiro atoms. The number of nitrogens with zero attached hydrogens (tertiary/aromatic N) is 1. The van der Waals surface area contributed by atoms with Crippen LogP contribution in [0.3, 0.4) is 0 Å². The van der Waals surface area contributed by atoms with Crippen LogP contribution in [-0.2, 0) is 11.3 Å². The first-order valence-corrected chi connectivity index (χ1v) is 7.94. The molecule has 0 aliphatic carbocycles. The van der Waals surface area contributed by atoms with Crippen molar-refractivity contribution < 1.29 is 14.3 Å². The number of hydrogen-bond acceptors (Lipinski definition) is 4. The first kappa shape index (κ1) is 16.6. The molecule has 1 aliphatic heterocycles. The van der Waals surface area contributed by atoms with Crippen molar-refractivity contribution in [3.63, 3.8) is 0 Å². The van der Waals surface area contributed by atoms with Gasteiger partial charge in [0.2, 0.25) is 5.91 Å². The summed E-state index contributed by atoms with van der Waals surface area (Å²) in [7, 11) is 3.29. The van der Waals surface area contributed by atoms with Crippen molar-refractivity contribution in [1.82, 2.24) is 10.2 Å². The van der Waals surface area contributed by atoms with Gasteiger partial charge >= 0.3 is 0 Å². The molecule has 0 radical (unpaired) electrons. The van der Waals surface area contributed by atoms with Gasteiger partial charge < -0.3 is 19.7 Å². The molecule has 1 aromatic carbocycles. The van der Waals surface area contributed by atoms with Gasteiger partial charge in [-0.1, -0.05) is 18.6 Å². The topological polar surface area (TPSA) is 50.8 Å². The van der Waals surface area contributed by atoms with E-state index in [-0.39, 0.29) is 0 Å². The van der Waals surface area contributed by atoms with E-state index in [1.54, 1.807) is 14.2 Å². The Morgan fingerprint density at radius 1 is 1.18 bits per heavy atom. The van der Waals surface area contributed by atoms with Gasteiger partial charge in [-0.2, -0.15) is 0 Å². The Morgan fingerprint density at radius 3 is 2.82 bits per heavy atom. The average molecular weight is 306 g/mol. The monoisotopic (exact) mass is 306 g/mol. The summed E-state index contributed by atoms with van der Waals surface area (Å²) in [5, 5.41) is 3.39. The van der Waals surface area contributed by atoms with Crippen LogP contribution in [0.15, 0.2) is 18.2 Å². The summed E-state index contributed by atoms with van der Waals surface area (Å²) >= 11 is 0. The van der Waals surface area contributed by atoms with Crippen LogP contribution in [-0.4, -0.2) is 44.7 Å². The van der Waals surface area contributed by atoms with E-state index < -0.39 is 0 Å². The lowest BCUT2D eigenvalue weighted by Crippen LogP contribution is -2.36. The lowest BCUT2D eigenvalue weighted by atomic mass is 10.2.